The van der Waals surface area contributed by atoms with E-state index in [4.69, 9.17) is 9.47 Å². The molecule has 1 heterocycles. The van der Waals surface area contributed by atoms with Crippen LogP contribution in [0.15, 0.2) is 30.3 Å². The molecule has 3 fully saturated rings. The van der Waals surface area contributed by atoms with Crippen LogP contribution in [0, 0.1) is 25.0 Å². The van der Waals surface area contributed by atoms with Crippen LogP contribution in [0.25, 0.3) is 0 Å². The van der Waals surface area contributed by atoms with Gasteiger partial charge in [0.2, 0.25) is 6.29 Å². The molecule has 1 aromatic rings. The van der Waals surface area contributed by atoms with Crippen molar-refractivity contribution in [1.29, 1.82) is 0 Å². The van der Waals surface area contributed by atoms with Crippen LogP contribution in [0.3, 0.4) is 0 Å². The van der Waals surface area contributed by atoms with Gasteiger partial charge in [-0.15, -0.1) is 0 Å². The van der Waals surface area contributed by atoms with Crippen molar-refractivity contribution in [3.8, 4) is 0 Å². The molecule has 1 aliphatic heterocycles. The molecule has 3 aliphatic rings. The minimum atomic E-state index is 0.400. The van der Waals surface area contributed by atoms with Crippen molar-refractivity contribution in [2.45, 2.75) is 88.8 Å². The molecule has 0 N–H and O–H groups in total. The fraction of sp³-hybridized carbons (Fsp3) is 0.667. The zero-order chi connectivity index (χ0) is 17.8. The van der Waals surface area contributed by atoms with Gasteiger partial charge in [-0.05, 0) is 74.7 Å². The van der Waals surface area contributed by atoms with Gasteiger partial charge in [0.1, 0.15) is 0 Å². The van der Waals surface area contributed by atoms with Crippen LogP contribution in [0.2, 0.25) is 0 Å². The van der Waals surface area contributed by atoms with Gasteiger partial charge < -0.3 is 9.47 Å². The summed E-state index contributed by atoms with van der Waals surface area (Å²) in [5.41, 5.74) is 1.43. The molecule has 2 saturated carbocycles. The molecule has 2 aliphatic carbocycles. The predicted molar refractivity (Wildman–Crippen MR) is 105 cm³/mol. The van der Waals surface area contributed by atoms with E-state index in [-0.39, 0.29) is 0 Å². The molecule has 4 bridgehead atoms. The SMILES string of the molecule is [CH2]CCC(CC[C]1OC2CCC(O1)C1CCCC2CC1)c1ccccc1. The van der Waals surface area contributed by atoms with E-state index in [1.165, 1.54) is 50.5 Å². The lowest BCUT2D eigenvalue weighted by Crippen LogP contribution is -2.26. The lowest BCUT2D eigenvalue weighted by Gasteiger charge is -2.27. The van der Waals surface area contributed by atoms with Gasteiger partial charge in [0.05, 0.1) is 12.2 Å². The monoisotopic (exact) mass is 354 g/mol. The van der Waals surface area contributed by atoms with Gasteiger partial charge in [-0.1, -0.05) is 50.1 Å². The first kappa shape index (κ1) is 18.5. The second-order valence-electron chi connectivity index (χ2n) is 8.58. The molecule has 0 amide bonds. The van der Waals surface area contributed by atoms with E-state index in [1.807, 2.05) is 0 Å². The smallest absolute Gasteiger partial charge is 0.224 e. The quantitative estimate of drug-likeness (QED) is 0.548. The minimum absolute atomic E-state index is 0.400. The average molecular weight is 355 g/mol. The third kappa shape index (κ3) is 4.34. The minimum Gasteiger partial charge on any atom is -0.342 e. The molecule has 2 radical (unpaired) electrons. The third-order valence-electron chi connectivity index (χ3n) is 6.93. The molecule has 5 unspecified atom stereocenters. The molecule has 0 spiro atoms. The Morgan fingerprint density at radius 2 is 1.50 bits per heavy atom. The summed E-state index contributed by atoms with van der Waals surface area (Å²) in [6.07, 6.45) is 15.0. The average Bonchev–Trinajstić information content (AvgIpc) is 2.99. The number of ether oxygens (including phenoxy) is 2. The second kappa shape index (κ2) is 8.89. The number of benzene rings is 1. The van der Waals surface area contributed by atoms with Gasteiger partial charge >= 0.3 is 0 Å². The van der Waals surface area contributed by atoms with Gasteiger partial charge in [0.15, 0.2) is 0 Å². The van der Waals surface area contributed by atoms with E-state index in [1.54, 1.807) is 0 Å². The zero-order valence-corrected chi connectivity index (χ0v) is 16.1. The van der Waals surface area contributed by atoms with Crippen LogP contribution in [0.5, 0.6) is 0 Å². The Morgan fingerprint density at radius 3 is 2.12 bits per heavy atom. The van der Waals surface area contributed by atoms with Crippen molar-refractivity contribution in [3.05, 3.63) is 49.1 Å². The molecular weight excluding hydrogens is 320 g/mol. The summed E-state index contributed by atoms with van der Waals surface area (Å²) in [4.78, 5) is 0. The summed E-state index contributed by atoms with van der Waals surface area (Å²) >= 11 is 0. The summed E-state index contributed by atoms with van der Waals surface area (Å²) in [6, 6.07) is 10.9. The topological polar surface area (TPSA) is 18.5 Å². The van der Waals surface area contributed by atoms with E-state index in [9.17, 15) is 0 Å². The Kier molecular flexibility index (Phi) is 6.32. The van der Waals surface area contributed by atoms with Gasteiger partial charge in [0, 0.05) is 6.42 Å². The highest BCUT2D eigenvalue weighted by atomic mass is 16.7. The number of hydrogen-bond acceptors (Lipinski definition) is 2. The van der Waals surface area contributed by atoms with Gasteiger partial charge in [-0.25, -0.2) is 0 Å². The van der Waals surface area contributed by atoms with Gasteiger partial charge in [-0.2, -0.15) is 0 Å². The molecule has 2 heteroatoms. The van der Waals surface area contributed by atoms with Crippen molar-refractivity contribution in [1.82, 2.24) is 0 Å². The molecule has 26 heavy (non-hydrogen) atoms. The summed E-state index contributed by atoms with van der Waals surface area (Å²) < 4.78 is 13.0. The van der Waals surface area contributed by atoms with Crippen molar-refractivity contribution in [3.63, 3.8) is 0 Å². The van der Waals surface area contributed by atoms with Crippen LogP contribution in [0.4, 0.5) is 0 Å². The fourth-order valence-corrected chi connectivity index (χ4v) is 5.44. The number of fused-ring (bicyclic) bond motifs is 8. The van der Waals surface area contributed by atoms with Crippen molar-refractivity contribution < 1.29 is 9.47 Å². The first-order chi connectivity index (χ1) is 12.8. The first-order valence-electron chi connectivity index (χ1n) is 10.9. The van der Waals surface area contributed by atoms with E-state index >= 15 is 0 Å². The molecule has 0 aromatic heterocycles. The maximum atomic E-state index is 6.49. The maximum absolute atomic E-state index is 6.49. The predicted octanol–water partition coefficient (Wildman–Crippen LogP) is 6.43. The Morgan fingerprint density at radius 1 is 0.846 bits per heavy atom. The molecule has 142 valence electrons. The zero-order valence-electron chi connectivity index (χ0n) is 16.1. The summed E-state index contributed by atoms with van der Waals surface area (Å²) in [5.74, 6) is 2.06. The fourth-order valence-electron chi connectivity index (χ4n) is 5.44. The van der Waals surface area contributed by atoms with Crippen LogP contribution >= 0.6 is 0 Å². The van der Waals surface area contributed by atoms with Crippen molar-refractivity contribution in [2.75, 3.05) is 0 Å². The van der Waals surface area contributed by atoms with Crippen molar-refractivity contribution >= 4 is 0 Å². The Bertz CT molecular complexity index is 520. The van der Waals surface area contributed by atoms with Crippen LogP contribution in [-0.2, 0) is 9.47 Å². The number of rotatable bonds is 6. The summed E-state index contributed by atoms with van der Waals surface area (Å²) in [5, 5.41) is 0. The van der Waals surface area contributed by atoms with Gasteiger partial charge in [-0.3, -0.25) is 0 Å². The highest BCUT2D eigenvalue weighted by molar-refractivity contribution is 5.19. The van der Waals surface area contributed by atoms with E-state index in [2.05, 4.69) is 37.3 Å². The lowest BCUT2D eigenvalue weighted by atomic mass is 9.84. The number of hydrogen-bond donors (Lipinski definition) is 0. The summed E-state index contributed by atoms with van der Waals surface area (Å²) in [7, 11) is 0. The van der Waals surface area contributed by atoms with Crippen LogP contribution < -0.4 is 0 Å². The maximum Gasteiger partial charge on any atom is 0.224 e. The molecule has 1 saturated heterocycles. The Labute approximate surface area is 159 Å². The van der Waals surface area contributed by atoms with E-state index in [0.717, 1.165) is 43.8 Å². The molecular formula is C24H34O2. The molecule has 4 rings (SSSR count). The Hall–Kier alpha value is -0.860. The highest BCUT2D eigenvalue weighted by Crippen LogP contribution is 2.44. The van der Waals surface area contributed by atoms with E-state index < -0.39 is 0 Å². The third-order valence-corrected chi connectivity index (χ3v) is 6.93. The summed E-state index contributed by atoms with van der Waals surface area (Å²) in [6.45, 7) is 4.09. The van der Waals surface area contributed by atoms with Crippen LogP contribution in [-0.4, -0.2) is 12.2 Å². The first-order valence-corrected chi connectivity index (χ1v) is 10.9. The van der Waals surface area contributed by atoms with Crippen molar-refractivity contribution in [2.24, 2.45) is 11.8 Å². The normalized spacial score (nSPS) is 33.3. The van der Waals surface area contributed by atoms with Gasteiger partial charge in [0.25, 0.3) is 0 Å². The highest BCUT2D eigenvalue weighted by Gasteiger charge is 2.40. The standard InChI is InChI=1S/C24H34O2/c1-2-7-18(19-8-4-3-5-9-19)14-17-24-25-22-15-16-23(26-24)21-11-6-10-20(22)12-13-21/h3-5,8-9,18,20-23H,1-2,6-7,10-17H2. The Balaban J connectivity index is 1.42. The molecule has 2 nitrogen and oxygen atoms in total. The van der Waals surface area contributed by atoms with E-state index in [0.29, 0.717) is 18.1 Å². The molecule has 1 aromatic carbocycles. The lowest BCUT2D eigenvalue weighted by molar-refractivity contribution is -0.110. The molecule has 5 atom stereocenters. The second-order valence-corrected chi connectivity index (χ2v) is 8.58. The largest absolute Gasteiger partial charge is 0.342 e. The van der Waals surface area contributed by atoms with Crippen LogP contribution in [0.1, 0.15) is 82.1 Å².